The summed E-state index contributed by atoms with van der Waals surface area (Å²) in [7, 11) is 1.45. The Kier molecular flexibility index (Phi) is 7.29. The van der Waals surface area contributed by atoms with Gasteiger partial charge in [0.1, 0.15) is 12.2 Å². The molecule has 2 fully saturated rings. The molecule has 8 nitrogen and oxygen atoms in total. The Labute approximate surface area is 189 Å². The fourth-order valence-electron chi connectivity index (χ4n) is 3.38. The minimum atomic E-state index is -1.01. The van der Waals surface area contributed by atoms with E-state index in [-0.39, 0.29) is 6.61 Å². The molecule has 0 amide bonds. The van der Waals surface area contributed by atoms with Crippen LogP contribution in [0.2, 0.25) is 0 Å². The van der Waals surface area contributed by atoms with Crippen molar-refractivity contribution in [2.45, 2.75) is 78.5 Å². The summed E-state index contributed by atoms with van der Waals surface area (Å²) in [4.78, 5) is 25.6. The first-order valence-electron chi connectivity index (χ1n) is 10.8. The summed E-state index contributed by atoms with van der Waals surface area (Å²) in [6.07, 6.45) is -4.84. The molecule has 2 saturated heterocycles. The van der Waals surface area contributed by atoms with Crippen LogP contribution in [0.25, 0.3) is 0 Å². The minimum absolute atomic E-state index is 0.202. The van der Waals surface area contributed by atoms with Crippen LogP contribution in [0, 0.1) is 10.8 Å². The maximum absolute atomic E-state index is 12.9. The second-order valence-electron chi connectivity index (χ2n) is 10.2. The fraction of sp³-hybridized carbons (Fsp3) is 0.667. The van der Waals surface area contributed by atoms with Crippen LogP contribution < -0.4 is 0 Å². The molecule has 178 valence electrons. The topological polar surface area (TPSA) is 89.5 Å². The summed E-state index contributed by atoms with van der Waals surface area (Å²) >= 11 is 0. The Morgan fingerprint density at radius 3 is 1.97 bits per heavy atom. The first-order valence-corrected chi connectivity index (χ1v) is 10.8. The van der Waals surface area contributed by atoms with E-state index in [2.05, 4.69) is 0 Å². The predicted octanol–water partition coefficient (Wildman–Crippen LogP) is 3.39. The zero-order chi connectivity index (χ0) is 23.7. The average molecular weight is 451 g/mol. The van der Waals surface area contributed by atoms with Gasteiger partial charge >= 0.3 is 11.9 Å². The zero-order valence-electron chi connectivity index (χ0n) is 19.8. The average Bonchev–Trinajstić information content (AvgIpc) is 2.73. The molecule has 1 aromatic carbocycles. The number of hydrogen-bond donors (Lipinski definition) is 0. The highest BCUT2D eigenvalue weighted by molar-refractivity contribution is 5.76. The van der Waals surface area contributed by atoms with E-state index in [4.69, 9.17) is 28.4 Å². The molecule has 0 aromatic heterocycles. The van der Waals surface area contributed by atoms with Crippen molar-refractivity contribution in [2.24, 2.45) is 10.8 Å². The Balaban J connectivity index is 1.93. The Morgan fingerprint density at radius 1 is 0.875 bits per heavy atom. The number of fused-ring (bicyclic) bond motifs is 1. The van der Waals surface area contributed by atoms with Crippen molar-refractivity contribution in [1.29, 1.82) is 0 Å². The van der Waals surface area contributed by atoms with Crippen LogP contribution in [-0.4, -0.2) is 56.4 Å². The van der Waals surface area contributed by atoms with Gasteiger partial charge in [-0.05, 0) is 41.5 Å². The van der Waals surface area contributed by atoms with Gasteiger partial charge in [-0.2, -0.15) is 0 Å². The summed E-state index contributed by atoms with van der Waals surface area (Å²) < 4.78 is 35.3. The molecule has 2 aliphatic rings. The number of rotatable bonds is 4. The molecule has 3 rings (SSSR count). The molecule has 2 heterocycles. The molecule has 0 spiro atoms. The molecular weight excluding hydrogens is 416 g/mol. The van der Waals surface area contributed by atoms with Crippen molar-refractivity contribution < 1.29 is 38.0 Å². The molecule has 1 aromatic rings. The number of hydrogen-bond acceptors (Lipinski definition) is 8. The lowest BCUT2D eigenvalue weighted by atomic mass is 9.93. The second kappa shape index (κ2) is 9.47. The van der Waals surface area contributed by atoms with Gasteiger partial charge in [0.2, 0.25) is 0 Å². The SMILES string of the molecule is COC1OC2COC(c3ccccc3)OC2C(OC(=O)C(C)(C)C)C1OC(=O)C(C)(C)C. The molecule has 6 atom stereocenters. The molecule has 32 heavy (non-hydrogen) atoms. The minimum Gasteiger partial charge on any atom is -0.455 e. The Bertz CT molecular complexity index is 794. The van der Waals surface area contributed by atoms with Gasteiger partial charge in [-0.3, -0.25) is 9.59 Å². The van der Waals surface area contributed by atoms with E-state index < -0.39 is 59.8 Å². The van der Waals surface area contributed by atoms with Crippen LogP contribution in [0.1, 0.15) is 53.4 Å². The van der Waals surface area contributed by atoms with Crippen LogP contribution >= 0.6 is 0 Å². The van der Waals surface area contributed by atoms with Gasteiger partial charge in [-0.25, -0.2) is 0 Å². The summed E-state index contributed by atoms with van der Waals surface area (Å²) in [6, 6.07) is 9.45. The molecule has 0 radical (unpaired) electrons. The largest absolute Gasteiger partial charge is 0.455 e. The van der Waals surface area contributed by atoms with Crippen LogP contribution in [0.3, 0.4) is 0 Å². The number of carbonyl (C=O) groups excluding carboxylic acids is 2. The highest BCUT2D eigenvalue weighted by Crippen LogP contribution is 2.38. The van der Waals surface area contributed by atoms with Gasteiger partial charge in [-0.15, -0.1) is 0 Å². The second-order valence-corrected chi connectivity index (χ2v) is 10.2. The van der Waals surface area contributed by atoms with Gasteiger partial charge in [-0.1, -0.05) is 30.3 Å². The fourth-order valence-corrected chi connectivity index (χ4v) is 3.38. The maximum Gasteiger partial charge on any atom is 0.311 e. The number of methoxy groups -OCH3 is 1. The van der Waals surface area contributed by atoms with Crippen molar-refractivity contribution in [3.05, 3.63) is 35.9 Å². The van der Waals surface area contributed by atoms with E-state index in [0.29, 0.717) is 0 Å². The molecule has 0 N–H and O–H groups in total. The number of esters is 2. The molecule has 8 heteroatoms. The molecule has 0 bridgehead atoms. The highest BCUT2D eigenvalue weighted by atomic mass is 16.8. The third kappa shape index (κ3) is 5.49. The standard InChI is InChI=1S/C24H34O8/c1-23(2,3)21(25)31-17-16-15(13-28-19(30-16)14-11-9-8-10-12-14)29-20(27-7)18(17)32-22(26)24(4,5)6/h8-12,15-20H,13H2,1-7H3. The summed E-state index contributed by atoms with van der Waals surface area (Å²) in [5.41, 5.74) is -0.709. The van der Waals surface area contributed by atoms with Crippen molar-refractivity contribution in [3.8, 4) is 0 Å². The molecule has 0 aliphatic carbocycles. The lowest BCUT2D eigenvalue weighted by Crippen LogP contribution is -2.64. The van der Waals surface area contributed by atoms with Crippen molar-refractivity contribution in [2.75, 3.05) is 13.7 Å². The Morgan fingerprint density at radius 2 is 1.44 bits per heavy atom. The third-order valence-electron chi connectivity index (χ3n) is 5.30. The zero-order valence-corrected chi connectivity index (χ0v) is 19.8. The first kappa shape index (κ1) is 24.6. The van der Waals surface area contributed by atoms with E-state index in [1.807, 2.05) is 30.3 Å². The third-order valence-corrected chi connectivity index (χ3v) is 5.30. The number of benzene rings is 1. The van der Waals surface area contributed by atoms with Gasteiger partial charge in [0.15, 0.2) is 24.8 Å². The number of carbonyl (C=O) groups is 2. The van der Waals surface area contributed by atoms with Crippen molar-refractivity contribution in [1.82, 2.24) is 0 Å². The Hall–Kier alpha value is -2.00. The molecule has 2 aliphatic heterocycles. The van der Waals surface area contributed by atoms with Gasteiger partial charge in [0.05, 0.1) is 17.4 Å². The van der Waals surface area contributed by atoms with Crippen LogP contribution in [-0.2, 0) is 38.0 Å². The molecule has 6 unspecified atom stereocenters. The summed E-state index contributed by atoms with van der Waals surface area (Å²) in [5.74, 6) is -0.906. The van der Waals surface area contributed by atoms with Crippen molar-refractivity contribution in [3.63, 3.8) is 0 Å². The lowest BCUT2D eigenvalue weighted by molar-refractivity contribution is -0.360. The van der Waals surface area contributed by atoms with Gasteiger partial charge in [0.25, 0.3) is 0 Å². The number of ether oxygens (including phenoxy) is 6. The van der Waals surface area contributed by atoms with E-state index in [0.717, 1.165) is 5.56 Å². The monoisotopic (exact) mass is 450 g/mol. The van der Waals surface area contributed by atoms with E-state index in [9.17, 15) is 9.59 Å². The van der Waals surface area contributed by atoms with Gasteiger partial charge < -0.3 is 28.4 Å². The van der Waals surface area contributed by atoms with Crippen LogP contribution in [0.4, 0.5) is 0 Å². The van der Waals surface area contributed by atoms with E-state index in [1.165, 1.54) is 7.11 Å². The van der Waals surface area contributed by atoms with Crippen LogP contribution in [0.15, 0.2) is 30.3 Å². The van der Waals surface area contributed by atoms with Crippen LogP contribution in [0.5, 0.6) is 0 Å². The molecular formula is C24H34O8. The van der Waals surface area contributed by atoms with Gasteiger partial charge in [0, 0.05) is 12.7 Å². The normalized spacial score (nSPS) is 30.8. The first-order chi connectivity index (χ1) is 14.9. The van der Waals surface area contributed by atoms with E-state index >= 15 is 0 Å². The van der Waals surface area contributed by atoms with E-state index in [1.54, 1.807) is 41.5 Å². The summed E-state index contributed by atoms with van der Waals surface area (Å²) in [6.45, 7) is 10.7. The highest BCUT2D eigenvalue weighted by Gasteiger charge is 2.55. The quantitative estimate of drug-likeness (QED) is 0.645. The maximum atomic E-state index is 12.9. The molecule has 0 saturated carbocycles. The smallest absolute Gasteiger partial charge is 0.311 e. The lowest BCUT2D eigenvalue weighted by Gasteiger charge is -2.48. The van der Waals surface area contributed by atoms with Crippen molar-refractivity contribution >= 4 is 11.9 Å². The summed E-state index contributed by atoms with van der Waals surface area (Å²) in [5, 5.41) is 0. The predicted molar refractivity (Wildman–Crippen MR) is 114 cm³/mol.